The number of hydrogen-bond donors (Lipinski definition) is 0. The van der Waals surface area contributed by atoms with Gasteiger partial charge in [-0.05, 0) is 30.6 Å². The molecular weight excluding hydrogens is 172 g/mol. The van der Waals surface area contributed by atoms with Crippen LogP contribution in [0.3, 0.4) is 0 Å². The summed E-state index contributed by atoms with van der Waals surface area (Å²) >= 11 is 0. The Morgan fingerprint density at radius 2 is 1.93 bits per heavy atom. The monoisotopic (exact) mass is 196 g/mol. The zero-order valence-electron chi connectivity index (χ0n) is 9.67. The van der Waals surface area contributed by atoms with Crippen LogP contribution in [0.25, 0.3) is 0 Å². The summed E-state index contributed by atoms with van der Waals surface area (Å²) in [6.07, 6.45) is 10.1. The fourth-order valence-corrected chi connectivity index (χ4v) is 2.80. The molecule has 0 N–H and O–H groups in total. The maximum atomic E-state index is 10.4. The first-order valence-corrected chi connectivity index (χ1v) is 6.21. The van der Waals surface area contributed by atoms with Crippen LogP contribution in [0, 0.1) is 17.8 Å². The minimum Gasteiger partial charge on any atom is -0.303 e. The van der Waals surface area contributed by atoms with Crippen molar-refractivity contribution in [3.8, 4) is 0 Å². The van der Waals surface area contributed by atoms with Crippen molar-refractivity contribution >= 4 is 6.29 Å². The molecule has 0 aliphatic heterocycles. The molecule has 0 spiro atoms. The van der Waals surface area contributed by atoms with Gasteiger partial charge in [0.2, 0.25) is 0 Å². The highest BCUT2D eigenvalue weighted by Gasteiger charge is 2.24. The predicted molar refractivity (Wildman–Crippen MR) is 60.2 cm³/mol. The van der Waals surface area contributed by atoms with Gasteiger partial charge < -0.3 is 4.79 Å². The van der Waals surface area contributed by atoms with Gasteiger partial charge in [0.15, 0.2) is 0 Å². The SMILES string of the molecule is CCCC1CCC(C(C)CC=O)CC1. The van der Waals surface area contributed by atoms with E-state index in [9.17, 15) is 4.79 Å². The molecule has 0 heterocycles. The highest BCUT2D eigenvalue weighted by molar-refractivity contribution is 5.49. The predicted octanol–water partition coefficient (Wildman–Crippen LogP) is 3.82. The standard InChI is InChI=1S/C13H24O/c1-3-4-12-5-7-13(8-6-12)11(2)9-10-14/h10-13H,3-9H2,1-2H3. The molecule has 0 radical (unpaired) electrons. The van der Waals surface area contributed by atoms with E-state index in [1.54, 1.807) is 0 Å². The third-order valence-electron chi connectivity index (χ3n) is 3.86. The lowest BCUT2D eigenvalue weighted by molar-refractivity contribution is -0.109. The van der Waals surface area contributed by atoms with Gasteiger partial charge in [0.25, 0.3) is 0 Å². The van der Waals surface area contributed by atoms with Gasteiger partial charge in [-0.15, -0.1) is 0 Å². The summed E-state index contributed by atoms with van der Waals surface area (Å²) in [6.45, 7) is 4.51. The van der Waals surface area contributed by atoms with Crippen LogP contribution in [0.15, 0.2) is 0 Å². The Kier molecular flexibility index (Phi) is 5.21. The Bertz CT molecular complexity index is 157. The van der Waals surface area contributed by atoms with Crippen LogP contribution in [-0.2, 0) is 4.79 Å². The van der Waals surface area contributed by atoms with Crippen molar-refractivity contribution in [2.24, 2.45) is 17.8 Å². The second kappa shape index (κ2) is 6.21. The van der Waals surface area contributed by atoms with Gasteiger partial charge in [-0.1, -0.05) is 39.5 Å². The summed E-state index contributed by atoms with van der Waals surface area (Å²) < 4.78 is 0. The highest BCUT2D eigenvalue weighted by atomic mass is 16.1. The van der Waals surface area contributed by atoms with Crippen molar-refractivity contribution in [3.63, 3.8) is 0 Å². The number of carbonyl (C=O) groups is 1. The molecule has 0 aromatic carbocycles. The summed E-state index contributed by atoms with van der Waals surface area (Å²) in [5.41, 5.74) is 0. The largest absolute Gasteiger partial charge is 0.303 e. The lowest BCUT2D eigenvalue weighted by Crippen LogP contribution is -2.20. The van der Waals surface area contributed by atoms with Crippen LogP contribution in [0.5, 0.6) is 0 Å². The summed E-state index contributed by atoms with van der Waals surface area (Å²) in [6, 6.07) is 0. The summed E-state index contributed by atoms with van der Waals surface area (Å²) in [5, 5.41) is 0. The molecule has 1 saturated carbocycles. The van der Waals surface area contributed by atoms with Crippen LogP contribution in [0.2, 0.25) is 0 Å². The zero-order valence-corrected chi connectivity index (χ0v) is 9.67. The molecule has 0 saturated heterocycles. The van der Waals surface area contributed by atoms with Crippen molar-refractivity contribution in [1.82, 2.24) is 0 Å². The van der Waals surface area contributed by atoms with E-state index < -0.39 is 0 Å². The Hall–Kier alpha value is -0.330. The van der Waals surface area contributed by atoms with Crippen LogP contribution in [0.4, 0.5) is 0 Å². The minimum atomic E-state index is 0.620. The Morgan fingerprint density at radius 1 is 1.29 bits per heavy atom. The molecule has 1 unspecified atom stereocenters. The van der Waals surface area contributed by atoms with E-state index in [-0.39, 0.29) is 0 Å². The molecule has 1 atom stereocenters. The number of hydrogen-bond acceptors (Lipinski definition) is 1. The molecule has 1 nitrogen and oxygen atoms in total. The quantitative estimate of drug-likeness (QED) is 0.611. The molecule has 1 fully saturated rings. The van der Waals surface area contributed by atoms with Crippen LogP contribution in [-0.4, -0.2) is 6.29 Å². The van der Waals surface area contributed by atoms with Gasteiger partial charge in [0.05, 0.1) is 0 Å². The van der Waals surface area contributed by atoms with Crippen LogP contribution < -0.4 is 0 Å². The molecular formula is C13H24O. The summed E-state index contributed by atoms with van der Waals surface area (Å²) in [4.78, 5) is 10.4. The molecule has 1 rings (SSSR count). The van der Waals surface area contributed by atoms with Crippen molar-refractivity contribution in [2.45, 2.75) is 58.8 Å². The molecule has 0 bridgehead atoms. The van der Waals surface area contributed by atoms with Gasteiger partial charge in [-0.2, -0.15) is 0 Å². The van der Waals surface area contributed by atoms with E-state index in [2.05, 4.69) is 13.8 Å². The third-order valence-corrected chi connectivity index (χ3v) is 3.86. The number of carbonyl (C=O) groups excluding carboxylic acids is 1. The fraction of sp³-hybridized carbons (Fsp3) is 0.923. The topological polar surface area (TPSA) is 17.1 Å². The van der Waals surface area contributed by atoms with Gasteiger partial charge in [-0.3, -0.25) is 0 Å². The molecule has 0 aromatic rings. The van der Waals surface area contributed by atoms with Crippen molar-refractivity contribution < 1.29 is 4.79 Å². The zero-order chi connectivity index (χ0) is 10.4. The second-order valence-corrected chi connectivity index (χ2v) is 4.95. The molecule has 82 valence electrons. The van der Waals surface area contributed by atoms with Crippen molar-refractivity contribution in [3.05, 3.63) is 0 Å². The first-order valence-electron chi connectivity index (χ1n) is 6.21. The van der Waals surface area contributed by atoms with Crippen LogP contribution in [0.1, 0.15) is 58.8 Å². The maximum Gasteiger partial charge on any atom is 0.120 e. The summed E-state index contributed by atoms with van der Waals surface area (Å²) in [5.74, 6) is 2.43. The van der Waals surface area contributed by atoms with Gasteiger partial charge in [0.1, 0.15) is 6.29 Å². The third kappa shape index (κ3) is 3.43. The lowest BCUT2D eigenvalue weighted by Gasteiger charge is -2.31. The van der Waals surface area contributed by atoms with Gasteiger partial charge in [-0.25, -0.2) is 0 Å². The molecule has 0 amide bonds. The van der Waals surface area contributed by atoms with Gasteiger partial charge in [0, 0.05) is 6.42 Å². The fourth-order valence-electron chi connectivity index (χ4n) is 2.80. The second-order valence-electron chi connectivity index (χ2n) is 4.95. The number of rotatable bonds is 5. The van der Waals surface area contributed by atoms with Crippen molar-refractivity contribution in [1.29, 1.82) is 0 Å². The smallest absolute Gasteiger partial charge is 0.120 e. The Morgan fingerprint density at radius 3 is 2.43 bits per heavy atom. The Labute approximate surface area is 88.3 Å². The van der Waals surface area contributed by atoms with E-state index in [4.69, 9.17) is 0 Å². The van der Waals surface area contributed by atoms with E-state index in [1.807, 2.05) is 0 Å². The lowest BCUT2D eigenvalue weighted by atomic mass is 9.74. The average molecular weight is 196 g/mol. The highest BCUT2D eigenvalue weighted by Crippen LogP contribution is 2.36. The van der Waals surface area contributed by atoms with Gasteiger partial charge >= 0.3 is 0 Å². The molecule has 14 heavy (non-hydrogen) atoms. The van der Waals surface area contributed by atoms with E-state index in [0.717, 1.165) is 24.5 Å². The van der Waals surface area contributed by atoms with E-state index in [1.165, 1.54) is 38.5 Å². The van der Waals surface area contributed by atoms with E-state index >= 15 is 0 Å². The van der Waals surface area contributed by atoms with Crippen LogP contribution >= 0.6 is 0 Å². The molecule has 0 aromatic heterocycles. The first-order chi connectivity index (χ1) is 6.77. The average Bonchev–Trinajstić information content (AvgIpc) is 2.20. The summed E-state index contributed by atoms with van der Waals surface area (Å²) in [7, 11) is 0. The number of aldehydes is 1. The first kappa shape index (κ1) is 11.7. The maximum absolute atomic E-state index is 10.4. The minimum absolute atomic E-state index is 0.620. The molecule has 1 heteroatoms. The molecule has 1 aliphatic rings. The Balaban J connectivity index is 2.24. The molecule has 1 aliphatic carbocycles. The van der Waals surface area contributed by atoms with Crippen molar-refractivity contribution in [2.75, 3.05) is 0 Å². The van der Waals surface area contributed by atoms with E-state index in [0.29, 0.717) is 5.92 Å². The normalized spacial score (nSPS) is 29.9.